The molecule has 170 valence electrons. The largest absolute Gasteiger partial charge is 0.391 e. The van der Waals surface area contributed by atoms with E-state index in [1.807, 2.05) is 4.90 Å². The van der Waals surface area contributed by atoms with Crippen LogP contribution in [-0.2, 0) is 6.42 Å². The maximum Gasteiger partial charge on any atom is 0.391 e. The molecular weight excluding hydrogens is 437 g/mol. The van der Waals surface area contributed by atoms with Crippen molar-refractivity contribution in [1.82, 2.24) is 14.3 Å². The lowest BCUT2D eigenvalue weighted by Crippen LogP contribution is -2.47. The van der Waals surface area contributed by atoms with Gasteiger partial charge in [0.05, 0.1) is 5.92 Å². The van der Waals surface area contributed by atoms with Crippen LogP contribution in [0, 0.1) is 17.6 Å². The van der Waals surface area contributed by atoms with Crippen LogP contribution in [0.5, 0.6) is 0 Å². The number of alkyl halides is 3. The van der Waals surface area contributed by atoms with Gasteiger partial charge in [0.1, 0.15) is 0 Å². The van der Waals surface area contributed by atoms with Crippen LogP contribution in [0.2, 0.25) is 0 Å². The molecule has 11 heteroatoms. The van der Waals surface area contributed by atoms with Crippen LogP contribution < -0.4 is 9.80 Å². The second-order valence-corrected chi connectivity index (χ2v) is 8.74. The van der Waals surface area contributed by atoms with Crippen molar-refractivity contribution in [1.29, 1.82) is 0 Å². The van der Waals surface area contributed by atoms with Crippen LogP contribution in [0.25, 0.3) is 0 Å². The summed E-state index contributed by atoms with van der Waals surface area (Å²) in [6, 6.07) is 4.00. The number of hydrogen-bond donors (Lipinski definition) is 0. The summed E-state index contributed by atoms with van der Waals surface area (Å²) >= 11 is 1.28. The van der Waals surface area contributed by atoms with Crippen LogP contribution >= 0.6 is 11.5 Å². The van der Waals surface area contributed by atoms with E-state index in [-0.39, 0.29) is 12.8 Å². The third-order valence-electron chi connectivity index (χ3n) is 5.99. The number of piperazine rings is 1. The Morgan fingerprint density at radius 3 is 2.29 bits per heavy atom. The first-order valence-corrected chi connectivity index (χ1v) is 11.1. The maximum atomic E-state index is 13.3. The van der Waals surface area contributed by atoms with Crippen molar-refractivity contribution in [3.05, 3.63) is 35.4 Å². The topological polar surface area (TPSA) is 35.5 Å². The molecular formula is C20H24F5N5S. The third-order valence-corrected chi connectivity index (χ3v) is 6.76. The molecule has 2 aromatic rings. The van der Waals surface area contributed by atoms with Gasteiger partial charge >= 0.3 is 6.18 Å². The first kappa shape index (κ1) is 22.2. The van der Waals surface area contributed by atoms with Gasteiger partial charge in [0.25, 0.3) is 0 Å². The van der Waals surface area contributed by atoms with E-state index < -0.39 is 23.7 Å². The molecule has 31 heavy (non-hydrogen) atoms. The molecule has 2 aliphatic heterocycles. The molecule has 0 bridgehead atoms. The standard InChI is InChI=1S/C20H24F5N5S/c21-16-2-1-14(13-17(16)22)3-6-28-9-11-30(12-10-28)19-26-18(27-31-19)29-7-4-15(5-8-29)20(23,24)25/h1-2,13,15H,3-12H2. The Bertz CT molecular complexity index is 873. The summed E-state index contributed by atoms with van der Waals surface area (Å²) in [6.45, 7) is 4.56. The van der Waals surface area contributed by atoms with E-state index in [0.717, 1.165) is 49.5 Å². The monoisotopic (exact) mass is 461 g/mol. The fraction of sp³-hybridized carbons (Fsp3) is 0.600. The Balaban J connectivity index is 1.24. The van der Waals surface area contributed by atoms with Gasteiger partial charge in [-0.25, -0.2) is 8.78 Å². The van der Waals surface area contributed by atoms with Gasteiger partial charge in [-0.1, -0.05) is 6.07 Å². The minimum absolute atomic E-state index is 0.0780. The summed E-state index contributed by atoms with van der Waals surface area (Å²) in [7, 11) is 0. The predicted molar refractivity (Wildman–Crippen MR) is 110 cm³/mol. The van der Waals surface area contributed by atoms with Crippen molar-refractivity contribution in [3.63, 3.8) is 0 Å². The van der Waals surface area contributed by atoms with Crippen molar-refractivity contribution < 1.29 is 22.0 Å². The summed E-state index contributed by atoms with van der Waals surface area (Å²) in [5.41, 5.74) is 0.768. The molecule has 2 saturated heterocycles. The summed E-state index contributed by atoms with van der Waals surface area (Å²) in [4.78, 5) is 10.8. The highest BCUT2D eigenvalue weighted by molar-refractivity contribution is 7.09. The number of rotatable bonds is 5. The minimum atomic E-state index is -4.13. The van der Waals surface area contributed by atoms with E-state index in [2.05, 4.69) is 19.2 Å². The van der Waals surface area contributed by atoms with Gasteiger partial charge in [0, 0.05) is 57.3 Å². The molecule has 0 N–H and O–H groups in total. The smallest absolute Gasteiger partial charge is 0.344 e. The van der Waals surface area contributed by atoms with Crippen LogP contribution in [0.1, 0.15) is 18.4 Å². The van der Waals surface area contributed by atoms with Gasteiger partial charge in [-0.2, -0.15) is 22.5 Å². The Hall–Kier alpha value is -2.01. The number of piperidine rings is 1. The van der Waals surface area contributed by atoms with E-state index >= 15 is 0 Å². The first-order chi connectivity index (χ1) is 14.8. The number of benzene rings is 1. The second-order valence-electron chi connectivity index (χ2n) is 8.01. The number of nitrogens with zero attached hydrogens (tertiary/aromatic N) is 5. The highest BCUT2D eigenvalue weighted by Crippen LogP contribution is 2.35. The molecule has 0 spiro atoms. The van der Waals surface area contributed by atoms with Crippen molar-refractivity contribution in [2.75, 3.05) is 55.6 Å². The van der Waals surface area contributed by atoms with Gasteiger partial charge in [0.2, 0.25) is 11.1 Å². The Kier molecular flexibility index (Phi) is 6.61. The van der Waals surface area contributed by atoms with Crippen molar-refractivity contribution in [2.45, 2.75) is 25.4 Å². The third kappa shape index (κ3) is 5.43. The Labute approximate surface area is 181 Å². The van der Waals surface area contributed by atoms with E-state index in [0.29, 0.717) is 25.5 Å². The van der Waals surface area contributed by atoms with Gasteiger partial charge in [0.15, 0.2) is 11.6 Å². The van der Waals surface area contributed by atoms with Gasteiger partial charge in [-0.15, -0.1) is 0 Å². The quantitative estimate of drug-likeness (QED) is 0.630. The fourth-order valence-corrected chi connectivity index (χ4v) is 4.76. The molecule has 1 aromatic carbocycles. The molecule has 0 radical (unpaired) electrons. The molecule has 0 unspecified atom stereocenters. The summed E-state index contributed by atoms with van der Waals surface area (Å²) in [5.74, 6) is -2.38. The predicted octanol–water partition coefficient (Wildman–Crippen LogP) is 3.96. The van der Waals surface area contributed by atoms with Crippen LogP contribution in [0.4, 0.5) is 33.0 Å². The van der Waals surface area contributed by atoms with E-state index in [4.69, 9.17) is 0 Å². The van der Waals surface area contributed by atoms with E-state index in [9.17, 15) is 22.0 Å². The lowest BCUT2D eigenvalue weighted by atomic mass is 9.96. The summed E-state index contributed by atoms with van der Waals surface area (Å²) < 4.78 is 69.3. The summed E-state index contributed by atoms with van der Waals surface area (Å²) in [6.07, 6.45) is -3.32. The normalized spacial score (nSPS) is 19.3. The lowest BCUT2D eigenvalue weighted by Gasteiger charge is -2.34. The highest BCUT2D eigenvalue weighted by Gasteiger charge is 2.41. The number of halogens is 5. The van der Waals surface area contributed by atoms with Crippen LogP contribution in [0.3, 0.4) is 0 Å². The number of anilines is 2. The number of aromatic nitrogens is 2. The van der Waals surface area contributed by atoms with E-state index in [1.54, 1.807) is 6.07 Å². The molecule has 1 aromatic heterocycles. The molecule has 4 rings (SSSR count). The zero-order valence-electron chi connectivity index (χ0n) is 16.9. The second kappa shape index (κ2) is 9.23. The van der Waals surface area contributed by atoms with Crippen molar-refractivity contribution in [2.24, 2.45) is 5.92 Å². The highest BCUT2D eigenvalue weighted by atomic mass is 32.1. The molecule has 0 aliphatic carbocycles. The van der Waals surface area contributed by atoms with E-state index in [1.165, 1.54) is 17.6 Å². The average molecular weight is 462 g/mol. The fourth-order valence-electron chi connectivity index (χ4n) is 4.02. The SMILES string of the molecule is Fc1ccc(CCN2CCN(c3nc(N4CCC(C(F)(F)F)CC4)ns3)CC2)cc1F. The minimum Gasteiger partial charge on any atom is -0.344 e. The van der Waals surface area contributed by atoms with Crippen molar-refractivity contribution >= 4 is 22.6 Å². The van der Waals surface area contributed by atoms with Gasteiger partial charge in [-0.3, -0.25) is 4.90 Å². The molecule has 2 fully saturated rings. The Morgan fingerprint density at radius 2 is 1.65 bits per heavy atom. The zero-order valence-corrected chi connectivity index (χ0v) is 17.7. The average Bonchev–Trinajstić information content (AvgIpc) is 3.25. The van der Waals surface area contributed by atoms with Crippen molar-refractivity contribution in [3.8, 4) is 0 Å². The van der Waals surface area contributed by atoms with Gasteiger partial charge in [-0.05, 0) is 37.0 Å². The molecule has 2 aliphatic rings. The maximum absolute atomic E-state index is 13.3. The van der Waals surface area contributed by atoms with Gasteiger partial charge < -0.3 is 9.80 Å². The number of hydrogen-bond acceptors (Lipinski definition) is 6. The molecule has 0 saturated carbocycles. The molecule has 0 amide bonds. The van der Waals surface area contributed by atoms with Crippen LogP contribution in [0.15, 0.2) is 18.2 Å². The van der Waals surface area contributed by atoms with Crippen LogP contribution in [-0.4, -0.2) is 66.2 Å². The molecule has 5 nitrogen and oxygen atoms in total. The molecule has 3 heterocycles. The lowest BCUT2D eigenvalue weighted by molar-refractivity contribution is -0.179. The molecule has 0 atom stereocenters. The summed E-state index contributed by atoms with van der Waals surface area (Å²) in [5, 5.41) is 0.785. The first-order valence-electron chi connectivity index (χ1n) is 10.4. The Morgan fingerprint density at radius 1 is 0.935 bits per heavy atom. The zero-order chi connectivity index (χ0) is 22.0.